The molecule has 2 N–H and O–H groups in total. The Kier molecular flexibility index (Phi) is 4.37. The van der Waals surface area contributed by atoms with Gasteiger partial charge in [0.15, 0.2) is 0 Å². The van der Waals surface area contributed by atoms with Gasteiger partial charge in [0, 0.05) is 6.04 Å². The molecule has 8 nitrogen and oxygen atoms in total. The van der Waals surface area contributed by atoms with Gasteiger partial charge in [-0.2, -0.15) is 0 Å². The summed E-state index contributed by atoms with van der Waals surface area (Å²) < 4.78 is 0. The maximum atomic E-state index is 12.1. The van der Waals surface area contributed by atoms with E-state index in [-0.39, 0.29) is 22.7 Å². The number of hydrogen-bond acceptors (Lipinski definition) is 5. The van der Waals surface area contributed by atoms with Gasteiger partial charge in [0.25, 0.3) is 11.6 Å². The van der Waals surface area contributed by atoms with Crippen LogP contribution in [0.25, 0.3) is 0 Å². The third kappa shape index (κ3) is 3.88. The molecule has 1 aliphatic rings. The molecule has 0 aromatic carbocycles. The minimum Gasteiger partial charge on any atom is -0.352 e. The lowest BCUT2D eigenvalue weighted by atomic mass is 10.2. The van der Waals surface area contributed by atoms with E-state index in [2.05, 4.69) is 15.6 Å². The smallest absolute Gasteiger partial charge is 0.300 e. The van der Waals surface area contributed by atoms with E-state index in [0.29, 0.717) is 0 Å². The number of pyridine rings is 1. The lowest BCUT2D eigenvalue weighted by Crippen LogP contribution is -2.45. The number of rotatable bonds is 5. The van der Waals surface area contributed by atoms with Crippen molar-refractivity contribution in [2.45, 2.75) is 31.8 Å². The maximum Gasteiger partial charge on any atom is 0.300 e. The van der Waals surface area contributed by atoms with E-state index in [0.717, 1.165) is 25.1 Å². The van der Waals surface area contributed by atoms with E-state index in [1.54, 1.807) is 0 Å². The first-order valence-corrected chi connectivity index (χ1v) is 6.67. The average molecular weight is 313 g/mol. The van der Waals surface area contributed by atoms with E-state index in [1.807, 2.05) is 0 Å². The number of nitrogens with zero attached hydrogens (tertiary/aromatic N) is 2. The van der Waals surface area contributed by atoms with Crippen molar-refractivity contribution in [2.24, 2.45) is 0 Å². The van der Waals surface area contributed by atoms with E-state index >= 15 is 0 Å². The predicted octanol–water partition coefficient (Wildman–Crippen LogP) is 1.04. The van der Waals surface area contributed by atoms with Crippen LogP contribution in [-0.4, -0.2) is 33.8 Å². The van der Waals surface area contributed by atoms with Gasteiger partial charge in [-0.3, -0.25) is 19.7 Å². The van der Waals surface area contributed by atoms with Crippen molar-refractivity contribution < 1.29 is 14.5 Å². The van der Waals surface area contributed by atoms with Gasteiger partial charge in [-0.1, -0.05) is 11.6 Å². The number of nitro groups is 1. The van der Waals surface area contributed by atoms with E-state index in [4.69, 9.17) is 11.6 Å². The molecule has 2 amide bonds. The zero-order chi connectivity index (χ0) is 15.6. The fourth-order valence-electron chi connectivity index (χ4n) is 1.64. The van der Waals surface area contributed by atoms with Crippen molar-refractivity contribution in [1.82, 2.24) is 15.6 Å². The molecule has 0 saturated heterocycles. The van der Waals surface area contributed by atoms with Crippen molar-refractivity contribution in [3.05, 3.63) is 33.1 Å². The Morgan fingerprint density at radius 1 is 1.52 bits per heavy atom. The van der Waals surface area contributed by atoms with Gasteiger partial charge >= 0.3 is 0 Å². The highest BCUT2D eigenvalue weighted by molar-refractivity contribution is 6.29. The minimum atomic E-state index is -0.801. The first-order chi connectivity index (χ1) is 9.88. The van der Waals surface area contributed by atoms with Crippen LogP contribution in [0.15, 0.2) is 12.3 Å². The third-order valence-electron chi connectivity index (χ3n) is 2.96. The SMILES string of the molecule is CC(NC(=O)c1cc(Cl)ncc1[N+](=O)[O-])C(=O)NC1CC1. The molecule has 0 bridgehead atoms. The molecule has 1 heterocycles. The van der Waals surface area contributed by atoms with Gasteiger partial charge in [-0.25, -0.2) is 4.98 Å². The minimum absolute atomic E-state index is 0.0409. The van der Waals surface area contributed by atoms with Crippen LogP contribution in [0.1, 0.15) is 30.1 Å². The van der Waals surface area contributed by atoms with Crippen molar-refractivity contribution in [3.63, 3.8) is 0 Å². The fourth-order valence-corrected chi connectivity index (χ4v) is 1.80. The van der Waals surface area contributed by atoms with E-state index in [9.17, 15) is 19.7 Å². The molecule has 1 aromatic rings. The molecule has 0 spiro atoms. The predicted molar refractivity (Wildman–Crippen MR) is 74.0 cm³/mol. The number of halogens is 1. The molecule has 2 rings (SSSR count). The van der Waals surface area contributed by atoms with Gasteiger partial charge in [-0.05, 0) is 25.8 Å². The standard InChI is InChI=1S/C12H13ClN4O4/c1-6(11(18)16-7-2-3-7)15-12(19)8-4-10(13)14-5-9(8)17(20)21/h4-7H,2-3H2,1H3,(H,15,19)(H,16,18). The highest BCUT2D eigenvalue weighted by Gasteiger charge is 2.28. The summed E-state index contributed by atoms with van der Waals surface area (Å²) >= 11 is 5.65. The highest BCUT2D eigenvalue weighted by Crippen LogP contribution is 2.21. The third-order valence-corrected chi connectivity index (χ3v) is 3.16. The molecule has 9 heteroatoms. The Hall–Kier alpha value is -2.22. The molecule has 1 unspecified atom stereocenters. The molecule has 1 fully saturated rings. The molecule has 1 aromatic heterocycles. The molecular weight excluding hydrogens is 300 g/mol. The van der Waals surface area contributed by atoms with Gasteiger partial charge in [0.1, 0.15) is 23.0 Å². The topological polar surface area (TPSA) is 114 Å². The first kappa shape index (κ1) is 15.2. The normalized spacial score (nSPS) is 15.1. The summed E-state index contributed by atoms with van der Waals surface area (Å²) in [6.07, 6.45) is 2.77. The number of aromatic nitrogens is 1. The van der Waals surface area contributed by atoms with Crippen LogP contribution in [0.4, 0.5) is 5.69 Å². The quantitative estimate of drug-likeness (QED) is 0.479. The average Bonchev–Trinajstić information content (AvgIpc) is 3.21. The summed E-state index contributed by atoms with van der Waals surface area (Å²) in [5.74, 6) is -1.07. The molecule has 21 heavy (non-hydrogen) atoms. The Morgan fingerprint density at radius 3 is 2.76 bits per heavy atom. The van der Waals surface area contributed by atoms with Gasteiger partial charge in [-0.15, -0.1) is 0 Å². The molecule has 1 saturated carbocycles. The Bertz CT molecular complexity index is 603. The number of carbonyl (C=O) groups is 2. The summed E-state index contributed by atoms with van der Waals surface area (Å²) in [5, 5.41) is 16.0. The second-order valence-corrected chi connectivity index (χ2v) is 5.15. The largest absolute Gasteiger partial charge is 0.352 e. The van der Waals surface area contributed by atoms with Gasteiger partial charge < -0.3 is 10.6 Å². The van der Waals surface area contributed by atoms with Crippen LogP contribution in [0.2, 0.25) is 5.15 Å². The second-order valence-electron chi connectivity index (χ2n) is 4.76. The maximum absolute atomic E-state index is 12.1. The number of nitrogens with one attached hydrogen (secondary N) is 2. The fraction of sp³-hybridized carbons (Fsp3) is 0.417. The molecule has 0 aliphatic heterocycles. The lowest BCUT2D eigenvalue weighted by molar-refractivity contribution is -0.385. The first-order valence-electron chi connectivity index (χ1n) is 6.29. The van der Waals surface area contributed by atoms with Crippen LogP contribution >= 0.6 is 11.6 Å². The highest BCUT2D eigenvalue weighted by atomic mass is 35.5. The molecule has 112 valence electrons. The molecular formula is C12H13ClN4O4. The van der Waals surface area contributed by atoms with Crippen LogP contribution in [0, 0.1) is 10.1 Å². The zero-order valence-electron chi connectivity index (χ0n) is 11.1. The second kappa shape index (κ2) is 6.04. The van der Waals surface area contributed by atoms with Crippen LogP contribution < -0.4 is 10.6 Å². The number of carbonyl (C=O) groups excluding carboxylic acids is 2. The number of amides is 2. The van der Waals surface area contributed by atoms with Crippen molar-refractivity contribution in [3.8, 4) is 0 Å². The van der Waals surface area contributed by atoms with Crippen LogP contribution in [0.3, 0.4) is 0 Å². The zero-order valence-corrected chi connectivity index (χ0v) is 11.9. The number of hydrogen-bond donors (Lipinski definition) is 2. The van der Waals surface area contributed by atoms with Crippen LogP contribution in [0.5, 0.6) is 0 Å². The summed E-state index contributed by atoms with van der Waals surface area (Å²) in [6.45, 7) is 1.50. The van der Waals surface area contributed by atoms with Crippen molar-refractivity contribution in [1.29, 1.82) is 0 Å². The molecule has 1 atom stereocenters. The van der Waals surface area contributed by atoms with E-state index < -0.39 is 22.6 Å². The van der Waals surface area contributed by atoms with Crippen LogP contribution in [-0.2, 0) is 4.79 Å². The molecule has 1 aliphatic carbocycles. The summed E-state index contributed by atoms with van der Waals surface area (Å²) in [7, 11) is 0. The Balaban J connectivity index is 2.10. The Labute approximate surface area is 125 Å². The van der Waals surface area contributed by atoms with Crippen molar-refractivity contribution >= 4 is 29.1 Å². The van der Waals surface area contributed by atoms with Gasteiger partial charge in [0.05, 0.1) is 4.92 Å². The van der Waals surface area contributed by atoms with Gasteiger partial charge in [0.2, 0.25) is 5.91 Å². The summed E-state index contributed by atoms with van der Waals surface area (Å²) in [5.41, 5.74) is -0.697. The monoisotopic (exact) mass is 312 g/mol. The summed E-state index contributed by atoms with van der Waals surface area (Å²) in [4.78, 5) is 37.5. The Morgan fingerprint density at radius 2 is 2.19 bits per heavy atom. The van der Waals surface area contributed by atoms with Crippen molar-refractivity contribution in [2.75, 3.05) is 0 Å². The van der Waals surface area contributed by atoms with E-state index in [1.165, 1.54) is 6.92 Å². The summed E-state index contributed by atoms with van der Waals surface area (Å²) in [6, 6.07) is 0.465. The molecule has 0 radical (unpaired) electrons. The lowest BCUT2D eigenvalue weighted by Gasteiger charge is -2.13.